The molecule has 1 spiro atoms. The molecule has 38 heavy (non-hydrogen) atoms. The maximum Gasteiger partial charge on any atom is 0.410 e. The van der Waals surface area contributed by atoms with Crippen LogP contribution in [0.3, 0.4) is 0 Å². The van der Waals surface area contributed by atoms with Gasteiger partial charge in [-0.05, 0) is 70.4 Å². The van der Waals surface area contributed by atoms with Crippen LogP contribution < -0.4 is 5.32 Å². The first-order valence-electron chi connectivity index (χ1n) is 14.1. The van der Waals surface area contributed by atoms with Crippen molar-refractivity contribution >= 4 is 17.9 Å². The highest BCUT2D eigenvalue weighted by Crippen LogP contribution is 2.44. The number of piperidine rings is 1. The Kier molecular flexibility index (Phi) is 6.91. The van der Waals surface area contributed by atoms with Crippen molar-refractivity contribution in [3.8, 4) is 6.07 Å². The summed E-state index contributed by atoms with van der Waals surface area (Å²) in [5, 5.41) is 12.4. The number of benzene rings is 1. The van der Waals surface area contributed by atoms with Gasteiger partial charge in [-0.25, -0.2) is 4.79 Å². The van der Waals surface area contributed by atoms with Crippen molar-refractivity contribution in [2.45, 2.75) is 95.2 Å². The van der Waals surface area contributed by atoms with Gasteiger partial charge < -0.3 is 19.9 Å². The highest BCUT2D eigenvalue weighted by molar-refractivity contribution is 5.89. The van der Waals surface area contributed by atoms with Crippen LogP contribution in [0.2, 0.25) is 0 Å². The first-order chi connectivity index (χ1) is 18.0. The van der Waals surface area contributed by atoms with Crippen LogP contribution in [0.4, 0.5) is 4.79 Å². The smallest absolute Gasteiger partial charge is 0.410 e. The van der Waals surface area contributed by atoms with Crippen molar-refractivity contribution in [3.63, 3.8) is 0 Å². The number of nitriles is 1. The highest BCUT2D eigenvalue weighted by atomic mass is 16.6. The van der Waals surface area contributed by atoms with Gasteiger partial charge in [0, 0.05) is 43.4 Å². The Balaban J connectivity index is 1.34. The lowest BCUT2D eigenvalue weighted by Gasteiger charge is -2.49. The molecule has 2 aliphatic heterocycles. The summed E-state index contributed by atoms with van der Waals surface area (Å²) in [6.45, 7) is 7.92. The van der Waals surface area contributed by atoms with Gasteiger partial charge in [-0.2, -0.15) is 5.26 Å². The first-order valence-corrected chi connectivity index (χ1v) is 14.1. The maximum absolute atomic E-state index is 14.1. The number of fused-ring (bicyclic) bond motifs is 2. The molecule has 3 amide bonds. The molecule has 1 unspecified atom stereocenters. The second-order valence-electron chi connectivity index (χ2n) is 12.8. The number of rotatable bonds is 3. The Labute approximate surface area is 225 Å². The van der Waals surface area contributed by atoms with Gasteiger partial charge in [-0.15, -0.1) is 0 Å². The average molecular weight is 521 g/mol. The molecule has 1 saturated heterocycles. The molecule has 2 aliphatic carbocycles. The van der Waals surface area contributed by atoms with Crippen molar-refractivity contribution < 1.29 is 19.1 Å². The number of likely N-dealkylation sites (tertiary alicyclic amines) is 1. The summed E-state index contributed by atoms with van der Waals surface area (Å²) < 4.78 is 5.61. The van der Waals surface area contributed by atoms with Gasteiger partial charge in [0.25, 0.3) is 0 Å². The average Bonchev–Trinajstić information content (AvgIpc) is 3.67. The zero-order valence-electron chi connectivity index (χ0n) is 22.9. The summed E-state index contributed by atoms with van der Waals surface area (Å²) in [6.07, 6.45) is 5.85. The number of hydrogen-bond acceptors (Lipinski definition) is 5. The molecule has 2 saturated carbocycles. The van der Waals surface area contributed by atoms with Gasteiger partial charge in [0.2, 0.25) is 11.8 Å². The summed E-state index contributed by atoms with van der Waals surface area (Å²) in [4.78, 5) is 43.8. The van der Waals surface area contributed by atoms with E-state index in [-0.39, 0.29) is 35.2 Å². The third-order valence-electron chi connectivity index (χ3n) is 8.87. The summed E-state index contributed by atoms with van der Waals surface area (Å²) in [5.74, 6) is -0.832. The van der Waals surface area contributed by atoms with Crippen LogP contribution in [0.15, 0.2) is 24.3 Å². The Morgan fingerprint density at radius 2 is 1.66 bits per heavy atom. The van der Waals surface area contributed by atoms with Gasteiger partial charge in [0.05, 0.1) is 6.07 Å². The summed E-state index contributed by atoms with van der Waals surface area (Å²) in [5.41, 5.74) is 0.931. The van der Waals surface area contributed by atoms with E-state index in [4.69, 9.17) is 4.74 Å². The molecule has 0 radical (unpaired) electrons. The Hall–Kier alpha value is -3.08. The third kappa shape index (κ3) is 5.25. The van der Waals surface area contributed by atoms with Crippen molar-refractivity contribution in [3.05, 3.63) is 35.4 Å². The molecule has 1 N–H and O–H groups in total. The topological polar surface area (TPSA) is 103 Å². The van der Waals surface area contributed by atoms with E-state index in [1.165, 1.54) is 5.56 Å². The fraction of sp³-hybridized carbons (Fsp3) is 0.667. The number of carbonyl (C=O) groups excluding carboxylic acids is 3. The zero-order valence-corrected chi connectivity index (χ0v) is 22.9. The second-order valence-corrected chi connectivity index (χ2v) is 12.8. The number of nitrogens with one attached hydrogen (secondary N) is 1. The molecule has 8 nitrogen and oxygen atoms in total. The Morgan fingerprint density at radius 3 is 2.29 bits per heavy atom. The van der Waals surface area contributed by atoms with Crippen LogP contribution in [0.25, 0.3) is 0 Å². The summed E-state index contributed by atoms with van der Waals surface area (Å²) in [7, 11) is 0. The minimum Gasteiger partial charge on any atom is -0.444 e. The first kappa shape index (κ1) is 26.5. The SMILES string of the molecule is CC(C)(C)OC(=O)N1CCC2(CC1)CN(C(=O)[C@@H]1CCCCC1C(=O)NC1(C#N)CC1)Cc1ccccc12. The summed E-state index contributed by atoms with van der Waals surface area (Å²) in [6, 6.07) is 10.6. The lowest BCUT2D eigenvalue weighted by Crippen LogP contribution is -2.56. The normalized spacial score (nSPS) is 25.6. The number of carbonyl (C=O) groups is 3. The monoisotopic (exact) mass is 520 g/mol. The molecule has 1 aromatic carbocycles. The van der Waals surface area contributed by atoms with Gasteiger partial charge >= 0.3 is 6.09 Å². The van der Waals surface area contributed by atoms with Crippen molar-refractivity contribution in [1.82, 2.24) is 15.1 Å². The van der Waals surface area contributed by atoms with Crippen molar-refractivity contribution in [2.75, 3.05) is 19.6 Å². The molecule has 3 fully saturated rings. The van der Waals surface area contributed by atoms with Gasteiger partial charge in [-0.1, -0.05) is 37.1 Å². The third-order valence-corrected chi connectivity index (χ3v) is 8.87. The lowest BCUT2D eigenvalue weighted by molar-refractivity contribution is -0.146. The number of ether oxygens (including phenoxy) is 1. The molecule has 0 bridgehead atoms. The largest absolute Gasteiger partial charge is 0.444 e. The van der Waals surface area contributed by atoms with Crippen LogP contribution >= 0.6 is 0 Å². The van der Waals surface area contributed by atoms with E-state index in [9.17, 15) is 19.6 Å². The fourth-order valence-electron chi connectivity index (χ4n) is 6.61. The van der Waals surface area contributed by atoms with Crippen LogP contribution in [0.1, 0.15) is 83.3 Å². The molecule has 5 rings (SSSR count). The molecular weight excluding hydrogens is 480 g/mol. The van der Waals surface area contributed by atoms with Crippen LogP contribution in [0, 0.1) is 23.2 Å². The van der Waals surface area contributed by atoms with E-state index in [0.717, 1.165) is 31.2 Å². The minimum absolute atomic E-state index is 0.0510. The highest BCUT2D eigenvalue weighted by Gasteiger charge is 2.49. The van der Waals surface area contributed by atoms with E-state index >= 15 is 0 Å². The van der Waals surface area contributed by atoms with Crippen molar-refractivity contribution in [1.29, 1.82) is 5.26 Å². The molecule has 8 heteroatoms. The predicted molar refractivity (Wildman–Crippen MR) is 142 cm³/mol. The van der Waals surface area contributed by atoms with Crippen LogP contribution in [-0.4, -0.2) is 58.5 Å². The quantitative estimate of drug-likeness (QED) is 0.641. The molecule has 0 aromatic heterocycles. The Bertz CT molecular complexity index is 1140. The van der Waals surface area contributed by atoms with Crippen LogP contribution in [-0.2, 0) is 26.3 Å². The molecular formula is C30H40N4O4. The van der Waals surface area contributed by atoms with Gasteiger partial charge in [0.15, 0.2) is 0 Å². The molecule has 204 valence electrons. The van der Waals surface area contributed by atoms with Crippen LogP contribution in [0.5, 0.6) is 0 Å². The van der Waals surface area contributed by atoms with Gasteiger partial charge in [-0.3, -0.25) is 9.59 Å². The molecule has 2 atom stereocenters. The zero-order chi connectivity index (χ0) is 27.1. The number of amides is 3. The lowest BCUT2D eigenvalue weighted by atomic mass is 9.68. The Morgan fingerprint density at radius 1 is 1.00 bits per heavy atom. The van der Waals surface area contributed by atoms with E-state index in [1.807, 2.05) is 31.7 Å². The number of nitrogens with zero attached hydrogens (tertiary/aromatic N) is 3. The van der Waals surface area contributed by atoms with Crippen molar-refractivity contribution in [2.24, 2.45) is 11.8 Å². The van der Waals surface area contributed by atoms with E-state index < -0.39 is 11.1 Å². The molecule has 2 heterocycles. The standard InChI is InChI=1S/C30H40N4O4/c1-28(2,3)38-27(37)33-16-14-29(15-17-33)20-34(18-21-8-4-7-11-24(21)29)26(36)23-10-6-5-9-22(23)25(35)32-30(19-31)12-13-30/h4,7-8,11,22-23H,5-6,9-10,12-18,20H2,1-3H3,(H,32,35)/t22?,23-/m1/s1. The predicted octanol–water partition coefficient (Wildman–Crippen LogP) is 4.28. The fourth-order valence-corrected chi connectivity index (χ4v) is 6.61. The molecule has 4 aliphatic rings. The maximum atomic E-state index is 14.1. The second kappa shape index (κ2) is 9.91. The van der Waals surface area contributed by atoms with E-state index in [1.54, 1.807) is 4.90 Å². The minimum atomic E-state index is -0.724. The van der Waals surface area contributed by atoms with Gasteiger partial charge in [0.1, 0.15) is 11.1 Å². The number of hydrogen-bond donors (Lipinski definition) is 1. The summed E-state index contributed by atoms with van der Waals surface area (Å²) >= 11 is 0. The molecule has 1 aromatic rings. The van der Waals surface area contributed by atoms with E-state index in [0.29, 0.717) is 51.9 Å². The van der Waals surface area contributed by atoms with E-state index in [2.05, 4.69) is 29.6 Å².